The van der Waals surface area contributed by atoms with Crippen LogP contribution >= 0.6 is 0 Å². The number of hydrogen-bond acceptors (Lipinski definition) is 6. The van der Waals surface area contributed by atoms with Gasteiger partial charge in [-0.15, -0.1) is 5.10 Å². The molecule has 0 saturated carbocycles. The van der Waals surface area contributed by atoms with E-state index in [-0.39, 0.29) is 5.82 Å². The molecular formula is C24H19N7O2. The molecule has 5 rings (SSSR count). The molecule has 0 aliphatic heterocycles. The average Bonchev–Trinajstić information content (AvgIpc) is 3.60. The molecule has 9 heteroatoms. The first kappa shape index (κ1) is 20.1. The third-order valence-corrected chi connectivity index (χ3v) is 4.87. The van der Waals surface area contributed by atoms with Crippen molar-refractivity contribution in [3.8, 4) is 28.5 Å². The first-order valence-corrected chi connectivity index (χ1v) is 10.2. The van der Waals surface area contributed by atoms with Gasteiger partial charge in [0.15, 0.2) is 11.6 Å². The second-order valence-electron chi connectivity index (χ2n) is 7.18. The summed E-state index contributed by atoms with van der Waals surface area (Å²) in [6, 6.07) is 22.8. The summed E-state index contributed by atoms with van der Waals surface area (Å²) >= 11 is 0. The zero-order valence-electron chi connectivity index (χ0n) is 17.6. The van der Waals surface area contributed by atoms with Crippen molar-refractivity contribution >= 4 is 12.1 Å². The lowest BCUT2D eigenvalue weighted by atomic mass is 10.2. The van der Waals surface area contributed by atoms with Crippen molar-refractivity contribution in [3.63, 3.8) is 0 Å². The second-order valence-corrected chi connectivity index (χ2v) is 7.18. The number of furan rings is 1. The van der Waals surface area contributed by atoms with Gasteiger partial charge in [-0.05, 0) is 31.2 Å². The number of hydrogen-bond donors (Lipinski definition) is 2. The standard InChI is InChI=1S/C24H19N7O2/c1-16-12-13-20(33-16)21-18(14-25-28-21)15-26-29-24(32)22-27-23(17-8-4-2-5-9-17)31(30-22)19-10-6-3-7-11-19/h2-15H,1H3,(H,25,28)(H,29,32)/b26-15+. The number of nitrogens with zero attached hydrogens (tertiary/aromatic N) is 5. The molecule has 2 N–H and O–H groups in total. The van der Waals surface area contributed by atoms with Gasteiger partial charge in [-0.3, -0.25) is 9.89 Å². The van der Waals surface area contributed by atoms with Crippen LogP contribution in [0.15, 0.2) is 88.5 Å². The highest BCUT2D eigenvalue weighted by atomic mass is 16.3. The van der Waals surface area contributed by atoms with Crippen molar-refractivity contribution in [3.05, 3.63) is 96.1 Å². The minimum Gasteiger partial charge on any atom is -0.460 e. The van der Waals surface area contributed by atoms with Crippen LogP contribution in [-0.2, 0) is 0 Å². The molecule has 0 bridgehead atoms. The summed E-state index contributed by atoms with van der Waals surface area (Å²) in [5.74, 6) is 1.45. The Labute approximate surface area is 188 Å². The fourth-order valence-electron chi connectivity index (χ4n) is 3.30. The van der Waals surface area contributed by atoms with Crippen LogP contribution in [0.4, 0.5) is 0 Å². The Morgan fingerprint density at radius 3 is 2.55 bits per heavy atom. The van der Waals surface area contributed by atoms with Crippen molar-refractivity contribution in [2.24, 2.45) is 5.10 Å². The summed E-state index contributed by atoms with van der Waals surface area (Å²) in [4.78, 5) is 17.2. The van der Waals surface area contributed by atoms with Crippen molar-refractivity contribution in [1.82, 2.24) is 30.4 Å². The van der Waals surface area contributed by atoms with Crippen LogP contribution in [0, 0.1) is 6.92 Å². The topological polar surface area (TPSA) is 114 Å². The highest BCUT2D eigenvalue weighted by molar-refractivity contribution is 5.93. The van der Waals surface area contributed by atoms with Crippen molar-refractivity contribution in [2.75, 3.05) is 0 Å². The number of amides is 1. The van der Waals surface area contributed by atoms with Crippen LogP contribution in [0.1, 0.15) is 21.9 Å². The molecule has 0 saturated heterocycles. The number of aromatic amines is 1. The van der Waals surface area contributed by atoms with Crippen molar-refractivity contribution in [1.29, 1.82) is 0 Å². The van der Waals surface area contributed by atoms with Crippen LogP contribution in [0.25, 0.3) is 28.5 Å². The lowest BCUT2D eigenvalue weighted by Crippen LogP contribution is -2.19. The normalized spacial score (nSPS) is 11.2. The van der Waals surface area contributed by atoms with Gasteiger partial charge in [0.25, 0.3) is 0 Å². The molecule has 9 nitrogen and oxygen atoms in total. The minimum absolute atomic E-state index is 0.00364. The highest BCUT2D eigenvalue weighted by Crippen LogP contribution is 2.23. The predicted molar refractivity (Wildman–Crippen MR) is 123 cm³/mol. The number of nitrogens with one attached hydrogen (secondary N) is 2. The Hall–Kier alpha value is -4.79. The number of aromatic nitrogens is 5. The smallest absolute Gasteiger partial charge is 0.311 e. The summed E-state index contributed by atoms with van der Waals surface area (Å²) in [6.45, 7) is 1.86. The van der Waals surface area contributed by atoms with Gasteiger partial charge in [0.05, 0.1) is 18.1 Å². The number of rotatable bonds is 6. The van der Waals surface area contributed by atoms with E-state index in [1.165, 1.54) is 6.21 Å². The number of carbonyl (C=O) groups is 1. The van der Waals surface area contributed by atoms with Gasteiger partial charge >= 0.3 is 5.91 Å². The molecule has 1 amide bonds. The molecule has 0 fully saturated rings. The summed E-state index contributed by atoms with van der Waals surface area (Å²) in [6.07, 6.45) is 3.08. The summed E-state index contributed by atoms with van der Waals surface area (Å²) in [7, 11) is 0. The predicted octanol–water partition coefficient (Wildman–Crippen LogP) is 3.99. The van der Waals surface area contributed by atoms with Gasteiger partial charge in [-0.2, -0.15) is 10.2 Å². The molecule has 0 aliphatic rings. The maximum absolute atomic E-state index is 12.8. The second kappa shape index (κ2) is 8.75. The molecule has 3 aromatic heterocycles. The van der Waals surface area contributed by atoms with E-state index in [1.54, 1.807) is 10.9 Å². The highest BCUT2D eigenvalue weighted by Gasteiger charge is 2.18. The van der Waals surface area contributed by atoms with E-state index in [4.69, 9.17) is 4.42 Å². The lowest BCUT2D eigenvalue weighted by Gasteiger charge is -2.05. The van der Waals surface area contributed by atoms with Crippen molar-refractivity contribution < 1.29 is 9.21 Å². The molecule has 0 unspecified atom stereocenters. The van der Waals surface area contributed by atoms with E-state index in [9.17, 15) is 4.79 Å². The fraction of sp³-hybridized carbons (Fsp3) is 0.0417. The monoisotopic (exact) mass is 437 g/mol. The van der Waals surface area contributed by atoms with Crippen molar-refractivity contribution in [2.45, 2.75) is 6.92 Å². The average molecular weight is 437 g/mol. The minimum atomic E-state index is -0.531. The van der Waals surface area contributed by atoms with Gasteiger partial charge in [0.1, 0.15) is 11.5 Å². The number of aryl methyl sites for hydroxylation is 1. The van der Waals surface area contributed by atoms with E-state index in [1.807, 2.05) is 79.7 Å². The van der Waals surface area contributed by atoms with Gasteiger partial charge in [-0.25, -0.2) is 15.1 Å². The summed E-state index contributed by atoms with van der Waals surface area (Å²) < 4.78 is 7.26. The van der Waals surface area contributed by atoms with E-state index in [0.717, 1.165) is 17.0 Å². The van der Waals surface area contributed by atoms with Gasteiger partial charge in [-0.1, -0.05) is 48.5 Å². The van der Waals surface area contributed by atoms with E-state index < -0.39 is 5.91 Å². The molecule has 33 heavy (non-hydrogen) atoms. The third kappa shape index (κ3) is 4.19. The van der Waals surface area contributed by atoms with Gasteiger partial charge in [0.2, 0.25) is 5.82 Å². The zero-order chi connectivity index (χ0) is 22.6. The summed E-state index contributed by atoms with van der Waals surface area (Å²) in [5.41, 5.74) is 5.45. The fourth-order valence-corrected chi connectivity index (χ4v) is 3.30. The third-order valence-electron chi connectivity index (χ3n) is 4.87. The molecule has 0 spiro atoms. The Bertz CT molecular complexity index is 1360. The van der Waals surface area contributed by atoms with E-state index in [2.05, 4.69) is 30.8 Å². The Morgan fingerprint density at radius 1 is 1.06 bits per heavy atom. The number of carbonyl (C=O) groups excluding carboxylic acids is 1. The van der Waals surface area contributed by atoms with Gasteiger partial charge < -0.3 is 4.42 Å². The molecule has 2 aromatic carbocycles. The quantitative estimate of drug-likeness (QED) is 0.308. The molecule has 5 aromatic rings. The maximum Gasteiger partial charge on any atom is 0.311 e. The van der Waals surface area contributed by atoms with Crippen LogP contribution in [0.3, 0.4) is 0 Å². The van der Waals surface area contributed by atoms with E-state index >= 15 is 0 Å². The molecular weight excluding hydrogens is 418 g/mol. The number of hydrazone groups is 1. The Balaban J connectivity index is 1.40. The summed E-state index contributed by atoms with van der Waals surface area (Å²) in [5, 5.41) is 15.4. The SMILES string of the molecule is Cc1ccc(-c2[nH]ncc2/C=N/NC(=O)c2nc(-c3ccccc3)n(-c3ccccc3)n2)o1. The first-order valence-electron chi connectivity index (χ1n) is 10.2. The largest absolute Gasteiger partial charge is 0.460 e. The van der Waals surface area contributed by atoms with Crippen LogP contribution in [0.5, 0.6) is 0 Å². The first-order chi connectivity index (χ1) is 16.2. The van der Waals surface area contributed by atoms with Gasteiger partial charge in [0, 0.05) is 11.1 Å². The van der Waals surface area contributed by atoms with Crippen LogP contribution in [-0.4, -0.2) is 37.1 Å². The van der Waals surface area contributed by atoms with Crippen LogP contribution in [0.2, 0.25) is 0 Å². The number of benzene rings is 2. The van der Waals surface area contributed by atoms with Crippen LogP contribution < -0.4 is 5.43 Å². The molecule has 0 atom stereocenters. The Morgan fingerprint density at radius 2 is 1.82 bits per heavy atom. The number of H-pyrrole nitrogens is 1. The molecule has 0 radical (unpaired) electrons. The Kier molecular flexibility index (Phi) is 5.34. The maximum atomic E-state index is 12.8. The zero-order valence-corrected chi connectivity index (χ0v) is 17.6. The number of para-hydroxylation sites is 1. The molecule has 162 valence electrons. The lowest BCUT2D eigenvalue weighted by molar-refractivity contribution is 0.0945. The molecule has 0 aliphatic carbocycles. The molecule has 3 heterocycles. The van der Waals surface area contributed by atoms with E-state index in [0.29, 0.717) is 22.8 Å².